The Balaban J connectivity index is 0.00000420. The third-order valence-electron chi connectivity index (χ3n) is 4.38. The molecule has 0 aliphatic rings. The summed E-state index contributed by atoms with van der Waals surface area (Å²) in [6.45, 7) is 3.91. The third kappa shape index (κ3) is 8.02. The van der Waals surface area contributed by atoms with Crippen molar-refractivity contribution >= 4 is 35.8 Å². The number of hydrogen-bond donors (Lipinski definition) is 3. The van der Waals surface area contributed by atoms with Crippen LogP contribution < -0.4 is 10.6 Å². The van der Waals surface area contributed by atoms with E-state index in [9.17, 15) is 9.90 Å². The number of carbonyl (C=O) groups is 1. The Labute approximate surface area is 190 Å². The van der Waals surface area contributed by atoms with E-state index in [2.05, 4.69) is 15.6 Å². The van der Waals surface area contributed by atoms with E-state index in [1.807, 2.05) is 61.5 Å². The molecule has 3 N–H and O–H groups in total. The maximum absolute atomic E-state index is 12.0. The molecule has 0 aliphatic carbocycles. The first-order valence-corrected chi connectivity index (χ1v) is 9.53. The van der Waals surface area contributed by atoms with Gasteiger partial charge in [0.05, 0.1) is 13.2 Å². The summed E-state index contributed by atoms with van der Waals surface area (Å²) in [5.74, 6) is 0.688. The fourth-order valence-corrected chi connectivity index (χ4v) is 2.76. The van der Waals surface area contributed by atoms with Crippen LogP contribution >= 0.6 is 24.0 Å². The molecule has 2 aromatic rings. The second kappa shape index (κ2) is 13.2. The zero-order chi connectivity index (χ0) is 20.4. The van der Waals surface area contributed by atoms with Crippen molar-refractivity contribution in [3.05, 3.63) is 71.3 Å². The topological polar surface area (TPSA) is 77.0 Å². The molecule has 2 aromatic carbocycles. The van der Waals surface area contributed by atoms with Crippen molar-refractivity contribution in [1.29, 1.82) is 0 Å². The molecule has 7 heteroatoms. The summed E-state index contributed by atoms with van der Waals surface area (Å²) in [6, 6.07) is 17.4. The summed E-state index contributed by atoms with van der Waals surface area (Å²) in [6.07, 6.45) is 0. The molecule has 1 unspecified atom stereocenters. The van der Waals surface area contributed by atoms with Gasteiger partial charge in [0.15, 0.2) is 5.96 Å². The normalized spacial score (nSPS) is 11.9. The number of rotatable bonds is 8. The predicted octanol–water partition coefficient (Wildman–Crippen LogP) is 2.84. The van der Waals surface area contributed by atoms with E-state index >= 15 is 0 Å². The summed E-state index contributed by atoms with van der Waals surface area (Å²) >= 11 is 0. The minimum atomic E-state index is -0.0130. The monoisotopic (exact) mass is 510 g/mol. The summed E-state index contributed by atoms with van der Waals surface area (Å²) in [5.41, 5.74) is 2.78. The van der Waals surface area contributed by atoms with E-state index in [4.69, 9.17) is 0 Å². The van der Waals surface area contributed by atoms with Gasteiger partial charge in [0.1, 0.15) is 0 Å². The van der Waals surface area contributed by atoms with Crippen molar-refractivity contribution in [3.8, 4) is 0 Å². The molecular formula is C22H31IN4O2. The van der Waals surface area contributed by atoms with E-state index in [0.717, 1.165) is 17.7 Å². The molecule has 29 heavy (non-hydrogen) atoms. The van der Waals surface area contributed by atoms with Gasteiger partial charge in [0, 0.05) is 38.7 Å². The first-order valence-electron chi connectivity index (χ1n) is 9.53. The number of aliphatic imine (C=N–C) groups is 1. The molecule has 158 valence electrons. The van der Waals surface area contributed by atoms with Crippen LogP contribution in [0.5, 0.6) is 0 Å². The van der Waals surface area contributed by atoms with Crippen LogP contribution in [0.2, 0.25) is 0 Å². The molecule has 0 aromatic heterocycles. The minimum absolute atomic E-state index is 0. The molecule has 0 heterocycles. The van der Waals surface area contributed by atoms with Crippen LogP contribution in [0, 0.1) is 0 Å². The van der Waals surface area contributed by atoms with E-state index in [1.165, 1.54) is 0 Å². The van der Waals surface area contributed by atoms with Crippen molar-refractivity contribution < 1.29 is 9.90 Å². The lowest BCUT2D eigenvalue weighted by Gasteiger charge is -2.18. The highest BCUT2D eigenvalue weighted by molar-refractivity contribution is 14.0. The number of hydrogen-bond acceptors (Lipinski definition) is 3. The number of benzene rings is 2. The summed E-state index contributed by atoms with van der Waals surface area (Å²) in [5, 5.41) is 16.2. The van der Waals surface area contributed by atoms with Gasteiger partial charge in [-0.3, -0.25) is 4.79 Å². The first-order chi connectivity index (χ1) is 13.5. The number of aliphatic hydroxyl groups is 1. The zero-order valence-electron chi connectivity index (χ0n) is 17.3. The van der Waals surface area contributed by atoms with Crippen LogP contribution in [-0.4, -0.2) is 55.7 Å². The molecule has 1 atom stereocenters. The van der Waals surface area contributed by atoms with E-state index in [0.29, 0.717) is 24.6 Å². The SMILES string of the molecule is CCNC(=NCc1ccc(C(=O)N(C)C)cc1)NCC(CO)c1ccccc1.I. The number of nitrogens with zero attached hydrogens (tertiary/aromatic N) is 2. The second-order valence-electron chi connectivity index (χ2n) is 6.76. The number of amides is 1. The Morgan fingerprint density at radius 3 is 2.28 bits per heavy atom. The molecule has 0 fully saturated rings. The lowest BCUT2D eigenvalue weighted by Crippen LogP contribution is -2.39. The third-order valence-corrected chi connectivity index (χ3v) is 4.38. The van der Waals surface area contributed by atoms with Crippen molar-refractivity contribution in [1.82, 2.24) is 15.5 Å². The van der Waals surface area contributed by atoms with E-state index in [-0.39, 0.29) is 42.4 Å². The van der Waals surface area contributed by atoms with Gasteiger partial charge in [-0.25, -0.2) is 4.99 Å². The molecule has 0 aliphatic heterocycles. The second-order valence-corrected chi connectivity index (χ2v) is 6.76. The molecule has 0 saturated carbocycles. The van der Waals surface area contributed by atoms with Crippen LogP contribution in [0.25, 0.3) is 0 Å². The Bertz CT molecular complexity index is 764. The fourth-order valence-electron chi connectivity index (χ4n) is 2.76. The smallest absolute Gasteiger partial charge is 0.253 e. The van der Waals surface area contributed by atoms with Crippen molar-refractivity contribution in [2.75, 3.05) is 33.8 Å². The minimum Gasteiger partial charge on any atom is -0.396 e. The van der Waals surface area contributed by atoms with Crippen LogP contribution in [0.1, 0.15) is 34.3 Å². The zero-order valence-corrected chi connectivity index (χ0v) is 19.6. The average Bonchev–Trinajstić information content (AvgIpc) is 2.73. The van der Waals surface area contributed by atoms with Gasteiger partial charge in [0.2, 0.25) is 0 Å². The largest absolute Gasteiger partial charge is 0.396 e. The lowest BCUT2D eigenvalue weighted by atomic mass is 10.0. The van der Waals surface area contributed by atoms with Crippen LogP contribution in [0.15, 0.2) is 59.6 Å². The number of guanidine groups is 1. The predicted molar refractivity (Wildman–Crippen MR) is 129 cm³/mol. The van der Waals surface area contributed by atoms with E-state index < -0.39 is 0 Å². The van der Waals surface area contributed by atoms with Gasteiger partial charge in [0.25, 0.3) is 5.91 Å². The highest BCUT2D eigenvalue weighted by Crippen LogP contribution is 2.13. The quantitative estimate of drug-likeness (QED) is 0.290. The Kier molecular flexibility index (Phi) is 11.3. The summed E-state index contributed by atoms with van der Waals surface area (Å²) in [4.78, 5) is 18.1. The fraction of sp³-hybridized carbons (Fsp3) is 0.364. The molecule has 0 radical (unpaired) electrons. The van der Waals surface area contributed by atoms with Crippen LogP contribution in [0.3, 0.4) is 0 Å². The number of carbonyl (C=O) groups excluding carboxylic acids is 1. The number of aliphatic hydroxyl groups excluding tert-OH is 1. The van der Waals surface area contributed by atoms with Crippen LogP contribution in [0.4, 0.5) is 0 Å². The van der Waals surface area contributed by atoms with Gasteiger partial charge in [-0.1, -0.05) is 42.5 Å². The maximum Gasteiger partial charge on any atom is 0.253 e. The average molecular weight is 510 g/mol. The number of nitrogens with one attached hydrogen (secondary N) is 2. The summed E-state index contributed by atoms with van der Waals surface area (Å²) in [7, 11) is 3.48. The first kappa shape index (κ1) is 24.9. The van der Waals surface area contributed by atoms with Gasteiger partial charge in [-0.2, -0.15) is 0 Å². The highest BCUT2D eigenvalue weighted by Gasteiger charge is 2.11. The summed E-state index contributed by atoms with van der Waals surface area (Å²) < 4.78 is 0. The molecule has 0 saturated heterocycles. The van der Waals surface area contributed by atoms with Crippen molar-refractivity contribution in [2.45, 2.75) is 19.4 Å². The molecule has 6 nitrogen and oxygen atoms in total. The molecular weight excluding hydrogens is 479 g/mol. The van der Waals surface area contributed by atoms with Crippen molar-refractivity contribution in [3.63, 3.8) is 0 Å². The van der Waals surface area contributed by atoms with Crippen molar-refractivity contribution in [2.24, 2.45) is 4.99 Å². The van der Waals surface area contributed by atoms with E-state index in [1.54, 1.807) is 19.0 Å². The van der Waals surface area contributed by atoms with Gasteiger partial charge in [-0.15, -0.1) is 24.0 Å². The Morgan fingerprint density at radius 1 is 1.07 bits per heavy atom. The van der Waals surface area contributed by atoms with Gasteiger partial charge >= 0.3 is 0 Å². The maximum atomic E-state index is 12.0. The standard InChI is InChI=1S/C22H30N4O2.HI/c1-4-23-22(25-15-20(16-27)18-8-6-5-7-9-18)24-14-17-10-12-19(13-11-17)21(28)26(2)3;/h5-13,20,27H,4,14-16H2,1-3H3,(H2,23,24,25);1H. The molecule has 1 amide bonds. The molecule has 0 spiro atoms. The Morgan fingerprint density at radius 2 is 1.72 bits per heavy atom. The Hall–Kier alpha value is -2.13. The lowest BCUT2D eigenvalue weighted by molar-refractivity contribution is 0.0827. The number of halogens is 1. The van der Waals surface area contributed by atoms with Crippen LogP contribution in [-0.2, 0) is 6.54 Å². The molecule has 0 bridgehead atoms. The molecule has 2 rings (SSSR count). The highest BCUT2D eigenvalue weighted by atomic mass is 127. The van der Waals surface area contributed by atoms with Gasteiger partial charge < -0.3 is 20.6 Å². The van der Waals surface area contributed by atoms with Gasteiger partial charge in [-0.05, 0) is 30.2 Å².